The van der Waals surface area contributed by atoms with Crippen LogP contribution in [-0.4, -0.2) is 0 Å². The second kappa shape index (κ2) is 3.73. The first-order chi connectivity index (χ1) is 6.85. The average molecular weight is 186 g/mol. The third-order valence-electron chi connectivity index (χ3n) is 2.49. The summed E-state index contributed by atoms with van der Waals surface area (Å²) in [5.74, 6) is 0.794. The minimum absolute atomic E-state index is 0.671. The Morgan fingerprint density at radius 1 is 1.50 bits per heavy atom. The molecule has 0 radical (unpaired) electrons. The molecule has 2 rings (SSSR count). The van der Waals surface area contributed by atoms with Crippen LogP contribution in [0.2, 0.25) is 0 Å². The molecule has 72 valence electrons. The van der Waals surface area contributed by atoms with Crippen molar-refractivity contribution in [2.24, 2.45) is 0 Å². The maximum atomic E-state index is 5.45. The molecule has 0 atom stereocenters. The van der Waals surface area contributed by atoms with Crippen molar-refractivity contribution in [1.29, 1.82) is 0 Å². The van der Waals surface area contributed by atoms with Gasteiger partial charge in [0.15, 0.2) is 5.76 Å². The van der Waals surface area contributed by atoms with Crippen molar-refractivity contribution in [2.45, 2.75) is 26.4 Å². The van der Waals surface area contributed by atoms with Gasteiger partial charge in [-0.05, 0) is 18.1 Å². The Labute approximate surface area is 84.7 Å². The lowest BCUT2D eigenvalue weighted by atomic mass is 10.0. The third-order valence-corrected chi connectivity index (χ3v) is 2.49. The van der Waals surface area contributed by atoms with Gasteiger partial charge in [-0.25, -0.2) is 0 Å². The average Bonchev–Trinajstić information content (AvgIpc) is 2.60. The highest BCUT2D eigenvalue weighted by Crippen LogP contribution is 2.29. The van der Waals surface area contributed by atoms with Gasteiger partial charge in [0.2, 0.25) is 0 Å². The number of hydrogen-bond donors (Lipinski definition) is 0. The number of fused-ring (bicyclic) bond motifs is 1. The zero-order valence-electron chi connectivity index (χ0n) is 8.47. The van der Waals surface area contributed by atoms with Crippen LogP contribution < -0.4 is 0 Å². The number of ether oxygens (including phenoxy) is 1. The van der Waals surface area contributed by atoms with Crippen LogP contribution in [0.25, 0.3) is 5.76 Å². The van der Waals surface area contributed by atoms with Crippen molar-refractivity contribution in [3.05, 3.63) is 47.2 Å². The summed E-state index contributed by atoms with van der Waals surface area (Å²) in [6.45, 7) is 6.48. The van der Waals surface area contributed by atoms with Crippen molar-refractivity contribution in [2.75, 3.05) is 0 Å². The van der Waals surface area contributed by atoms with E-state index in [1.807, 2.05) is 0 Å². The van der Waals surface area contributed by atoms with Gasteiger partial charge in [-0.2, -0.15) is 0 Å². The molecule has 14 heavy (non-hydrogen) atoms. The molecule has 0 amide bonds. The van der Waals surface area contributed by atoms with E-state index in [1.165, 1.54) is 17.5 Å². The summed E-state index contributed by atoms with van der Waals surface area (Å²) in [5, 5.41) is 0. The van der Waals surface area contributed by atoms with Gasteiger partial charge in [0.25, 0.3) is 0 Å². The van der Waals surface area contributed by atoms with Crippen LogP contribution in [0.15, 0.2) is 30.5 Å². The van der Waals surface area contributed by atoms with E-state index in [1.54, 1.807) is 0 Å². The Morgan fingerprint density at radius 3 is 3.07 bits per heavy atom. The third kappa shape index (κ3) is 1.47. The lowest BCUT2D eigenvalue weighted by Gasteiger charge is -2.00. The molecule has 0 aromatic heterocycles. The fourth-order valence-electron chi connectivity index (χ4n) is 1.81. The molecule has 0 saturated carbocycles. The van der Waals surface area contributed by atoms with Crippen molar-refractivity contribution < 1.29 is 4.74 Å². The predicted molar refractivity (Wildman–Crippen MR) is 57.8 cm³/mol. The summed E-state index contributed by atoms with van der Waals surface area (Å²) in [5.41, 5.74) is 6.62. The number of aryl methyl sites for hydroxylation is 1. The van der Waals surface area contributed by atoms with E-state index in [9.17, 15) is 0 Å². The van der Waals surface area contributed by atoms with Gasteiger partial charge in [-0.1, -0.05) is 37.8 Å². The zero-order chi connectivity index (χ0) is 9.97. The Kier molecular flexibility index (Phi) is 2.43. The van der Waals surface area contributed by atoms with Crippen LogP contribution in [0, 0.1) is 0 Å². The molecule has 1 aliphatic heterocycles. The van der Waals surface area contributed by atoms with Crippen LogP contribution in [0.4, 0.5) is 0 Å². The first-order valence-corrected chi connectivity index (χ1v) is 5.00. The molecule has 0 unspecified atom stereocenters. The summed E-state index contributed by atoms with van der Waals surface area (Å²) in [4.78, 5) is 0. The van der Waals surface area contributed by atoms with Gasteiger partial charge in [0, 0.05) is 11.1 Å². The maximum absolute atomic E-state index is 5.45. The molecule has 0 spiro atoms. The summed E-state index contributed by atoms with van der Waals surface area (Å²) in [6.07, 6.45) is 2.32. The SMILES string of the molecule is C=C=C1OCc2cc(CCC)ccc21. The quantitative estimate of drug-likeness (QED) is 0.644. The van der Waals surface area contributed by atoms with Gasteiger partial charge in [0.05, 0.1) is 0 Å². The standard InChI is InChI=1S/C13H14O/c1-3-5-10-6-7-12-11(8-10)9-14-13(12)4-2/h6-8H,2-3,5,9H2,1H3. The van der Waals surface area contributed by atoms with Gasteiger partial charge in [-0.3, -0.25) is 0 Å². The second-order valence-corrected chi connectivity index (χ2v) is 3.54. The summed E-state index contributed by atoms with van der Waals surface area (Å²) >= 11 is 0. The molecular weight excluding hydrogens is 172 g/mol. The van der Waals surface area contributed by atoms with E-state index in [4.69, 9.17) is 4.74 Å². The molecule has 0 fully saturated rings. The predicted octanol–water partition coefficient (Wildman–Crippen LogP) is 3.30. The molecule has 1 nitrogen and oxygen atoms in total. The molecular formula is C13H14O. The highest BCUT2D eigenvalue weighted by Gasteiger charge is 2.16. The van der Waals surface area contributed by atoms with Gasteiger partial charge >= 0.3 is 0 Å². The molecule has 0 saturated heterocycles. The number of benzene rings is 1. The van der Waals surface area contributed by atoms with Gasteiger partial charge in [-0.15, -0.1) is 0 Å². The first kappa shape index (κ1) is 9.11. The minimum Gasteiger partial charge on any atom is -0.481 e. The van der Waals surface area contributed by atoms with Crippen LogP contribution in [-0.2, 0) is 17.8 Å². The van der Waals surface area contributed by atoms with E-state index in [0.717, 1.165) is 17.7 Å². The van der Waals surface area contributed by atoms with E-state index < -0.39 is 0 Å². The zero-order valence-corrected chi connectivity index (χ0v) is 8.47. The monoisotopic (exact) mass is 186 g/mol. The lowest BCUT2D eigenvalue weighted by Crippen LogP contribution is -1.87. The van der Waals surface area contributed by atoms with Crippen LogP contribution in [0.1, 0.15) is 30.0 Å². The van der Waals surface area contributed by atoms with E-state index in [0.29, 0.717) is 6.61 Å². The fourth-order valence-corrected chi connectivity index (χ4v) is 1.81. The number of rotatable bonds is 2. The minimum atomic E-state index is 0.671. The molecule has 1 heterocycles. The molecule has 1 heteroatoms. The highest BCUT2D eigenvalue weighted by molar-refractivity contribution is 5.65. The molecule has 0 bridgehead atoms. The van der Waals surface area contributed by atoms with E-state index in [2.05, 4.69) is 37.4 Å². The summed E-state index contributed by atoms with van der Waals surface area (Å²) < 4.78 is 5.45. The van der Waals surface area contributed by atoms with Crippen LogP contribution >= 0.6 is 0 Å². The molecule has 0 N–H and O–H groups in total. The summed E-state index contributed by atoms with van der Waals surface area (Å²) in [6, 6.07) is 6.50. The fraction of sp³-hybridized carbons (Fsp3) is 0.308. The Hall–Kier alpha value is -1.46. The molecule has 0 aliphatic carbocycles. The van der Waals surface area contributed by atoms with Crippen molar-refractivity contribution >= 4 is 5.76 Å². The maximum Gasteiger partial charge on any atom is 0.169 e. The smallest absolute Gasteiger partial charge is 0.169 e. The van der Waals surface area contributed by atoms with Crippen LogP contribution in [0.5, 0.6) is 0 Å². The highest BCUT2D eigenvalue weighted by atomic mass is 16.5. The lowest BCUT2D eigenvalue weighted by molar-refractivity contribution is 0.286. The van der Waals surface area contributed by atoms with E-state index in [-0.39, 0.29) is 0 Å². The van der Waals surface area contributed by atoms with Crippen molar-refractivity contribution in [1.82, 2.24) is 0 Å². The molecule has 1 aliphatic rings. The van der Waals surface area contributed by atoms with Crippen molar-refractivity contribution in [3.8, 4) is 0 Å². The van der Waals surface area contributed by atoms with Gasteiger partial charge < -0.3 is 4.74 Å². The Bertz CT molecular complexity index is 398. The summed E-state index contributed by atoms with van der Waals surface area (Å²) in [7, 11) is 0. The topological polar surface area (TPSA) is 9.23 Å². The normalized spacial score (nSPS) is 13.4. The molecule has 1 aromatic carbocycles. The van der Waals surface area contributed by atoms with Gasteiger partial charge in [0.1, 0.15) is 6.61 Å². The Balaban J connectivity index is 2.39. The first-order valence-electron chi connectivity index (χ1n) is 5.00. The van der Waals surface area contributed by atoms with Crippen molar-refractivity contribution in [3.63, 3.8) is 0 Å². The largest absolute Gasteiger partial charge is 0.481 e. The van der Waals surface area contributed by atoms with E-state index >= 15 is 0 Å². The molecule has 1 aromatic rings. The Morgan fingerprint density at radius 2 is 2.36 bits per heavy atom. The number of hydrogen-bond acceptors (Lipinski definition) is 1. The second-order valence-electron chi connectivity index (χ2n) is 3.54. The van der Waals surface area contributed by atoms with Crippen LogP contribution in [0.3, 0.4) is 0 Å².